The molecule has 2 aromatic carbocycles. The van der Waals surface area contributed by atoms with Gasteiger partial charge in [0, 0.05) is 26.1 Å². The van der Waals surface area contributed by atoms with Crippen LogP contribution in [0.25, 0.3) is 0 Å². The molecule has 1 atom stereocenters. The lowest BCUT2D eigenvalue weighted by atomic mass is 10.1. The van der Waals surface area contributed by atoms with Gasteiger partial charge in [0.15, 0.2) is 0 Å². The molecule has 0 fully saturated rings. The van der Waals surface area contributed by atoms with Gasteiger partial charge >= 0.3 is 0 Å². The van der Waals surface area contributed by atoms with Crippen molar-refractivity contribution in [1.29, 1.82) is 0 Å². The molecule has 0 saturated carbocycles. The zero-order valence-electron chi connectivity index (χ0n) is 22.2. The van der Waals surface area contributed by atoms with E-state index in [0.29, 0.717) is 28.7 Å². The summed E-state index contributed by atoms with van der Waals surface area (Å²) in [6.07, 6.45) is 3.31. The maximum absolute atomic E-state index is 13.4. The van der Waals surface area contributed by atoms with Crippen molar-refractivity contribution in [2.45, 2.75) is 66.0 Å². The molecule has 37 heavy (non-hydrogen) atoms. The average molecular weight is 571 g/mol. The van der Waals surface area contributed by atoms with E-state index in [2.05, 4.69) is 5.32 Å². The van der Waals surface area contributed by atoms with Crippen molar-refractivity contribution in [2.75, 3.05) is 23.7 Å². The van der Waals surface area contributed by atoms with E-state index in [0.717, 1.165) is 35.8 Å². The molecular formula is C27H37Cl2N3O4S. The summed E-state index contributed by atoms with van der Waals surface area (Å²) >= 11 is 12.2. The molecule has 0 aliphatic carbocycles. The molecule has 0 aromatic heterocycles. The number of nitrogens with one attached hydrogen (secondary N) is 1. The van der Waals surface area contributed by atoms with Crippen LogP contribution in [0.15, 0.2) is 36.4 Å². The average Bonchev–Trinajstić information content (AvgIpc) is 2.80. The lowest BCUT2D eigenvalue weighted by molar-refractivity contribution is -0.140. The molecule has 2 aromatic rings. The third-order valence-corrected chi connectivity index (χ3v) is 7.91. The summed E-state index contributed by atoms with van der Waals surface area (Å²) in [6, 6.07) is 9.98. The maximum Gasteiger partial charge on any atom is 0.242 e. The van der Waals surface area contributed by atoms with E-state index < -0.39 is 16.1 Å². The SMILES string of the molecule is CCCCNC(=O)[C@@H](C)N(Cc1ccc(Cl)c(Cl)c1)C(=O)CCCN(c1cc(C)cc(C)c1)S(C)(=O)=O. The molecule has 0 radical (unpaired) electrons. The monoisotopic (exact) mass is 569 g/mol. The summed E-state index contributed by atoms with van der Waals surface area (Å²) in [4.78, 5) is 27.7. The molecule has 1 N–H and O–H groups in total. The topological polar surface area (TPSA) is 86.8 Å². The van der Waals surface area contributed by atoms with Crippen molar-refractivity contribution >= 4 is 50.7 Å². The Labute approximate surface area is 231 Å². The summed E-state index contributed by atoms with van der Waals surface area (Å²) in [6.45, 7) is 8.40. The van der Waals surface area contributed by atoms with Crippen LogP contribution in [-0.2, 0) is 26.2 Å². The Hall–Kier alpha value is -2.29. The quantitative estimate of drug-likeness (QED) is 0.323. The van der Waals surface area contributed by atoms with Crippen LogP contribution in [-0.4, -0.2) is 50.5 Å². The number of anilines is 1. The Morgan fingerprint density at radius 1 is 1.00 bits per heavy atom. The number of amides is 2. The van der Waals surface area contributed by atoms with Crippen molar-refractivity contribution in [3.8, 4) is 0 Å². The third kappa shape index (κ3) is 9.51. The number of hydrogen-bond donors (Lipinski definition) is 1. The predicted octanol–water partition coefficient (Wildman–Crippen LogP) is 5.49. The van der Waals surface area contributed by atoms with Crippen LogP contribution >= 0.6 is 23.2 Å². The zero-order valence-corrected chi connectivity index (χ0v) is 24.5. The first-order chi connectivity index (χ1) is 17.3. The van der Waals surface area contributed by atoms with E-state index in [1.54, 1.807) is 25.1 Å². The highest BCUT2D eigenvalue weighted by molar-refractivity contribution is 7.92. The summed E-state index contributed by atoms with van der Waals surface area (Å²) < 4.78 is 26.4. The number of sulfonamides is 1. The molecule has 0 bridgehead atoms. The van der Waals surface area contributed by atoms with Crippen LogP contribution in [0.5, 0.6) is 0 Å². The van der Waals surface area contributed by atoms with Gasteiger partial charge in [-0.25, -0.2) is 8.42 Å². The van der Waals surface area contributed by atoms with Gasteiger partial charge in [0.1, 0.15) is 6.04 Å². The van der Waals surface area contributed by atoms with Crippen molar-refractivity contribution in [2.24, 2.45) is 0 Å². The van der Waals surface area contributed by atoms with Gasteiger partial charge in [-0.3, -0.25) is 13.9 Å². The van der Waals surface area contributed by atoms with E-state index in [1.807, 2.05) is 39.0 Å². The third-order valence-electron chi connectivity index (χ3n) is 5.98. The van der Waals surface area contributed by atoms with Gasteiger partial charge in [0.05, 0.1) is 22.0 Å². The fourth-order valence-electron chi connectivity index (χ4n) is 4.05. The van der Waals surface area contributed by atoms with Crippen LogP contribution < -0.4 is 9.62 Å². The second kappa shape index (κ2) is 14.0. The Bertz CT molecular complexity index is 1180. The first kappa shape index (κ1) is 30.9. The van der Waals surface area contributed by atoms with Crippen molar-refractivity contribution in [3.05, 3.63) is 63.1 Å². The predicted molar refractivity (Wildman–Crippen MR) is 152 cm³/mol. The van der Waals surface area contributed by atoms with Gasteiger partial charge in [0.2, 0.25) is 21.8 Å². The Kier molecular flexibility index (Phi) is 11.7. The molecule has 0 aliphatic heterocycles. The lowest BCUT2D eigenvalue weighted by Gasteiger charge is -2.29. The largest absolute Gasteiger partial charge is 0.354 e. The molecule has 204 valence electrons. The van der Waals surface area contributed by atoms with Gasteiger partial charge in [-0.1, -0.05) is 48.7 Å². The normalized spacial score (nSPS) is 12.2. The van der Waals surface area contributed by atoms with Gasteiger partial charge < -0.3 is 10.2 Å². The number of rotatable bonds is 13. The van der Waals surface area contributed by atoms with Gasteiger partial charge in [-0.2, -0.15) is 0 Å². The van der Waals surface area contributed by atoms with Crippen molar-refractivity contribution in [3.63, 3.8) is 0 Å². The van der Waals surface area contributed by atoms with Crippen LogP contribution in [0.1, 0.15) is 56.2 Å². The molecule has 0 unspecified atom stereocenters. The number of carbonyl (C=O) groups is 2. The summed E-state index contributed by atoms with van der Waals surface area (Å²) in [5.41, 5.74) is 3.22. The number of aryl methyl sites for hydroxylation is 2. The van der Waals surface area contributed by atoms with E-state index in [1.165, 1.54) is 9.21 Å². The zero-order chi connectivity index (χ0) is 27.8. The second-order valence-electron chi connectivity index (χ2n) is 9.38. The Morgan fingerprint density at radius 3 is 2.22 bits per heavy atom. The number of carbonyl (C=O) groups excluding carboxylic acids is 2. The molecule has 2 rings (SSSR count). The van der Waals surface area contributed by atoms with Gasteiger partial charge in [-0.05, 0) is 74.6 Å². The molecule has 0 aliphatic rings. The van der Waals surface area contributed by atoms with E-state index >= 15 is 0 Å². The number of halogens is 2. The second-order valence-corrected chi connectivity index (χ2v) is 12.1. The minimum Gasteiger partial charge on any atom is -0.354 e. The summed E-state index contributed by atoms with van der Waals surface area (Å²) in [5, 5.41) is 3.65. The number of unbranched alkanes of at least 4 members (excludes halogenated alkanes) is 1. The maximum atomic E-state index is 13.4. The number of hydrogen-bond acceptors (Lipinski definition) is 4. The summed E-state index contributed by atoms with van der Waals surface area (Å²) in [7, 11) is -3.55. The molecule has 10 heteroatoms. The first-order valence-corrected chi connectivity index (χ1v) is 15.0. The fraction of sp³-hybridized carbons (Fsp3) is 0.481. The minimum absolute atomic E-state index is 0.0741. The Balaban J connectivity index is 2.20. The summed E-state index contributed by atoms with van der Waals surface area (Å²) in [5.74, 6) is -0.493. The number of nitrogens with zero attached hydrogens (tertiary/aromatic N) is 2. The van der Waals surface area contributed by atoms with Crippen LogP contribution in [0.2, 0.25) is 10.0 Å². The fourth-order valence-corrected chi connectivity index (χ4v) is 5.32. The highest BCUT2D eigenvalue weighted by atomic mass is 35.5. The van der Waals surface area contributed by atoms with Crippen LogP contribution in [0, 0.1) is 13.8 Å². The lowest BCUT2D eigenvalue weighted by Crippen LogP contribution is -2.48. The molecule has 0 saturated heterocycles. The van der Waals surface area contributed by atoms with Crippen molar-refractivity contribution in [1.82, 2.24) is 10.2 Å². The highest BCUT2D eigenvalue weighted by Crippen LogP contribution is 2.25. The number of benzene rings is 2. The van der Waals surface area contributed by atoms with Crippen LogP contribution in [0.4, 0.5) is 5.69 Å². The smallest absolute Gasteiger partial charge is 0.242 e. The van der Waals surface area contributed by atoms with Crippen LogP contribution in [0.3, 0.4) is 0 Å². The molecular weight excluding hydrogens is 533 g/mol. The van der Waals surface area contributed by atoms with Gasteiger partial charge in [0.25, 0.3) is 0 Å². The van der Waals surface area contributed by atoms with E-state index in [-0.39, 0.29) is 31.3 Å². The van der Waals surface area contributed by atoms with Crippen molar-refractivity contribution < 1.29 is 18.0 Å². The molecule has 0 spiro atoms. The standard InChI is InChI=1S/C27H37Cl2N3O4S/c1-6-7-12-30-27(34)21(4)31(18-22-10-11-24(28)25(29)17-22)26(33)9-8-13-32(37(5,35)36)23-15-19(2)14-20(3)16-23/h10-11,14-17,21H,6-9,12-13,18H2,1-5H3,(H,30,34)/t21-/m1/s1. The molecule has 7 nitrogen and oxygen atoms in total. The molecule has 2 amide bonds. The van der Waals surface area contributed by atoms with E-state index in [9.17, 15) is 18.0 Å². The highest BCUT2D eigenvalue weighted by Gasteiger charge is 2.26. The van der Waals surface area contributed by atoms with Gasteiger partial charge in [-0.15, -0.1) is 0 Å². The minimum atomic E-state index is -3.55. The van der Waals surface area contributed by atoms with E-state index in [4.69, 9.17) is 23.2 Å². The Morgan fingerprint density at radius 2 is 1.65 bits per heavy atom. The first-order valence-electron chi connectivity index (χ1n) is 12.4. The molecule has 0 heterocycles.